The van der Waals surface area contributed by atoms with Gasteiger partial charge in [-0.05, 0) is 62.6 Å². The number of hydrogen-bond donors (Lipinski definition) is 1. The number of rotatable bonds is 8. The minimum atomic E-state index is 0.442. The van der Waals surface area contributed by atoms with E-state index in [9.17, 15) is 0 Å². The second-order valence-corrected chi connectivity index (χ2v) is 7.90. The predicted octanol–water partition coefficient (Wildman–Crippen LogP) is 4.16. The summed E-state index contributed by atoms with van der Waals surface area (Å²) in [6.07, 6.45) is 6.84. The van der Waals surface area contributed by atoms with Crippen LogP contribution >= 0.6 is 0 Å². The Morgan fingerprint density at radius 2 is 2.00 bits per heavy atom. The van der Waals surface area contributed by atoms with Gasteiger partial charge in [0.05, 0.1) is 0 Å². The van der Waals surface area contributed by atoms with Gasteiger partial charge in [-0.2, -0.15) is 0 Å². The first-order chi connectivity index (χ1) is 9.45. The Labute approximate surface area is 127 Å². The highest BCUT2D eigenvalue weighted by molar-refractivity contribution is 4.82. The summed E-state index contributed by atoms with van der Waals surface area (Å²) in [5.41, 5.74) is 0.442. The van der Waals surface area contributed by atoms with Crippen molar-refractivity contribution in [3.05, 3.63) is 0 Å². The highest BCUT2D eigenvalue weighted by atomic mass is 15.1. The van der Waals surface area contributed by atoms with Crippen LogP contribution < -0.4 is 5.32 Å². The molecule has 2 unspecified atom stereocenters. The fourth-order valence-electron chi connectivity index (χ4n) is 3.51. The number of nitrogens with one attached hydrogen (secondary N) is 1. The first-order valence-corrected chi connectivity index (χ1v) is 8.88. The average Bonchev–Trinajstić information content (AvgIpc) is 2.54. The van der Waals surface area contributed by atoms with Gasteiger partial charge < -0.3 is 10.2 Å². The molecule has 0 aromatic heterocycles. The van der Waals surface area contributed by atoms with Crippen LogP contribution in [0.3, 0.4) is 0 Å². The van der Waals surface area contributed by atoms with Gasteiger partial charge in [-0.1, -0.05) is 41.0 Å². The van der Waals surface area contributed by atoms with Gasteiger partial charge in [-0.15, -0.1) is 0 Å². The maximum Gasteiger partial charge on any atom is 0.00475 e. The summed E-state index contributed by atoms with van der Waals surface area (Å²) in [7, 11) is 0. The minimum Gasteiger partial charge on any atom is -0.316 e. The molecule has 2 nitrogen and oxygen atoms in total. The molecular weight excluding hydrogens is 244 g/mol. The van der Waals surface area contributed by atoms with Crippen molar-refractivity contribution in [1.82, 2.24) is 10.2 Å². The normalized spacial score (nSPS) is 24.6. The summed E-state index contributed by atoms with van der Waals surface area (Å²) >= 11 is 0. The van der Waals surface area contributed by atoms with Gasteiger partial charge >= 0.3 is 0 Å². The molecule has 2 atom stereocenters. The van der Waals surface area contributed by atoms with E-state index >= 15 is 0 Å². The van der Waals surface area contributed by atoms with Gasteiger partial charge in [0, 0.05) is 13.1 Å². The van der Waals surface area contributed by atoms with E-state index in [4.69, 9.17) is 0 Å². The summed E-state index contributed by atoms with van der Waals surface area (Å²) in [6, 6.07) is 0. The standard InChI is InChI=1S/C18H38N2/c1-6-10-18(5,14-19-13-16(2)3)15-20-11-7-8-17(4)9-12-20/h16-17,19H,6-15H2,1-5H3. The van der Waals surface area contributed by atoms with E-state index in [1.165, 1.54) is 58.3 Å². The van der Waals surface area contributed by atoms with Crippen molar-refractivity contribution in [2.24, 2.45) is 17.3 Å². The van der Waals surface area contributed by atoms with Crippen LogP contribution in [0.1, 0.15) is 66.7 Å². The quantitative estimate of drug-likeness (QED) is 0.719. The zero-order valence-electron chi connectivity index (χ0n) is 14.7. The van der Waals surface area contributed by atoms with Crippen molar-refractivity contribution in [3.8, 4) is 0 Å². The third-order valence-corrected chi connectivity index (χ3v) is 4.67. The Hall–Kier alpha value is -0.0800. The lowest BCUT2D eigenvalue weighted by atomic mass is 9.84. The van der Waals surface area contributed by atoms with Crippen LogP contribution in [0.5, 0.6) is 0 Å². The lowest BCUT2D eigenvalue weighted by Crippen LogP contribution is -2.43. The van der Waals surface area contributed by atoms with Crippen molar-refractivity contribution >= 4 is 0 Å². The summed E-state index contributed by atoms with van der Waals surface area (Å²) < 4.78 is 0. The van der Waals surface area contributed by atoms with Crippen molar-refractivity contribution in [3.63, 3.8) is 0 Å². The maximum atomic E-state index is 3.70. The monoisotopic (exact) mass is 282 g/mol. The van der Waals surface area contributed by atoms with Gasteiger partial charge in [0.15, 0.2) is 0 Å². The number of nitrogens with zero attached hydrogens (tertiary/aromatic N) is 1. The molecule has 0 aromatic rings. The van der Waals surface area contributed by atoms with Gasteiger partial charge in [-0.3, -0.25) is 0 Å². The summed E-state index contributed by atoms with van der Waals surface area (Å²) in [6.45, 7) is 18.0. The molecule has 2 heteroatoms. The average molecular weight is 283 g/mol. The first kappa shape index (κ1) is 18.0. The molecule has 20 heavy (non-hydrogen) atoms. The van der Waals surface area contributed by atoms with Gasteiger partial charge in [0.2, 0.25) is 0 Å². The molecule has 0 radical (unpaired) electrons. The van der Waals surface area contributed by atoms with E-state index in [1.807, 2.05) is 0 Å². The maximum absolute atomic E-state index is 3.70. The largest absolute Gasteiger partial charge is 0.316 e. The summed E-state index contributed by atoms with van der Waals surface area (Å²) in [5, 5.41) is 3.70. The molecule has 0 aromatic carbocycles. The van der Waals surface area contributed by atoms with Crippen molar-refractivity contribution in [1.29, 1.82) is 0 Å². The van der Waals surface area contributed by atoms with Crippen LogP contribution in [-0.4, -0.2) is 37.6 Å². The Balaban J connectivity index is 2.46. The molecule has 0 amide bonds. The molecule has 1 rings (SSSR count). The van der Waals surface area contributed by atoms with Crippen LogP contribution in [0.15, 0.2) is 0 Å². The van der Waals surface area contributed by atoms with E-state index in [0.717, 1.165) is 18.4 Å². The smallest absolute Gasteiger partial charge is 0.00475 e. The lowest BCUT2D eigenvalue weighted by Gasteiger charge is -2.36. The van der Waals surface area contributed by atoms with Crippen molar-refractivity contribution < 1.29 is 0 Å². The fraction of sp³-hybridized carbons (Fsp3) is 1.00. The van der Waals surface area contributed by atoms with E-state index in [0.29, 0.717) is 5.41 Å². The Kier molecular flexibility index (Phi) is 8.13. The Morgan fingerprint density at radius 1 is 1.25 bits per heavy atom. The van der Waals surface area contributed by atoms with Gasteiger partial charge in [0.25, 0.3) is 0 Å². The van der Waals surface area contributed by atoms with Crippen LogP contribution in [0.25, 0.3) is 0 Å². The van der Waals surface area contributed by atoms with E-state index in [1.54, 1.807) is 0 Å². The zero-order valence-corrected chi connectivity index (χ0v) is 14.7. The van der Waals surface area contributed by atoms with Crippen molar-refractivity contribution in [2.45, 2.75) is 66.7 Å². The van der Waals surface area contributed by atoms with Crippen LogP contribution in [-0.2, 0) is 0 Å². The summed E-state index contributed by atoms with van der Waals surface area (Å²) in [5.74, 6) is 1.68. The molecule has 0 aliphatic carbocycles. The molecule has 0 spiro atoms. The third-order valence-electron chi connectivity index (χ3n) is 4.67. The number of hydrogen-bond acceptors (Lipinski definition) is 2. The molecule has 1 saturated heterocycles. The molecule has 1 fully saturated rings. The molecule has 1 aliphatic heterocycles. The van der Waals surface area contributed by atoms with E-state index in [2.05, 4.69) is 44.8 Å². The molecule has 0 saturated carbocycles. The van der Waals surface area contributed by atoms with Gasteiger partial charge in [0.1, 0.15) is 0 Å². The highest BCUT2D eigenvalue weighted by Gasteiger charge is 2.27. The minimum absolute atomic E-state index is 0.442. The molecule has 120 valence electrons. The second kappa shape index (κ2) is 9.04. The Morgan fingerprint density at radius 3 is 2.65 bits per heavy atom. The predicted molar refractivity (Wildman–Crippen MR) is 90.2 cm³/mol. The fourth-order valence-corrected chi connectivity index (χ4v) is 3.51. The van der Waals surface area contributed by atoms with Crippen LogP contribution in [0, 0.1) is 17.3 Å². The van der Waals surface area contributed by atoms with Crippen LogP contribution in [0.4, 0.5) is 0 Å². The second-order valence-electron chi connectivity index (χ2n) is 7.90. The van der Waals surface area contributed by atoms with E-state index in [-0.39, 0.29) is 0 Å². The van der Waals surface area contributed by atoms with Gasteiger partial charge in [-0.25, -0.2) is 0 Å². The summed E-state index contributed by atoms with van der Waals surface area (Å²) in [4.78, 5) is 2.73. The molecule has 0 bridgehead atoms. The van der Waals surface area contributed by atoms with E-state index < -0.39 is 0 Å². The Bertz CT molecular complexity index is 252. The van der Waals surface area contributed by atoms with Crippen LogP contribution in [0.2, 0.25) is 0 Å². The lowest BCUT2D eigenvalue weighted by molar-refractivity contribution is 0.151. The molecule has 1 heterocycles. The third kappa shape index (κ3) is 7.08. The highest BCUT2D eigenvalue weighted by Crippen LogP contribution is 2.26. The molecule has 1 N–H and O–H groups in total. The van der Waals surface area contributed by atoms with Crippen molar-refractivity contribution in [2.75, 3.05) is 32.7 Å². The number of likely N-dealkylation sites (tertiary alicyclic amines) is 1. The SMILES string of the molecule is CCCC(C)(CNCC(C)C)CN1CCCC(C)CC1. The topological polar surface area (TPSA) is 15.3 Å². The first-order valence-electron chi connectivity index (χ1n) is 8.88. The zero-order chi connectivity index (χ0) is 15.0. The molecular formula is C18H38N2. The molecule has 1 aliphatic rings.